The first-order valence-electron chi connectivity index (χ1n) is 5.95. The molecule has 17 heavy (non-hydrogen) atoms. The molecule has 0 aliphatic carbocycles. The smallest absolute Gasteiger partial charge is 0.128 e. The summed E-state index contributed by atoms with van der Waals surface area (Å²) in [6.07, 6.45) is 0.613. The normalized spacial score (nSPS) is 14.5. The highest BCUT2D eigenvalue weighted by molar-refractivity contribution is 5.48. The van der Waals surface area contributed by atoms with Gasteiger partial charge in [0.05, 0.1) is 25.4 Å². The number of rotatable bonds is 5. The Morgan fingerprint density at radius 2 is 1.65 bits per heavy atom. The van der Waals surface area contributed by atoms with Gasteiger partial charge in [-0.2, -0.15) is 0 Å². The third-order valence-corrected chi connectivity index (χ3v) is 3.35. The van der Waals surface area contributed by atoms with E-state index in [2.05, 4.69) is 0 Å². The van der Waals surface area contributed by atoms with Crippen LogP contribution in [0.5, 0.6) is 11.5 Å². The lowest BCUT2D eigenvalue weighted by Gasteiger charge is -2.33. The Hall–Kier alpha value is -1.22. The van der Waals surface area contributed by atoms with E-state index in [1.807, 2.05) is 39.0 Å². The fourth-order valence-electron chi connectivity index (χ4n) is 2.15. The molecule has 0 aliphatic rings. The van der Waals surface area contributed by atoms with E-state index in [0.717, 1.165) is 5.56 Å². The predicted octanol–water partition coefficient (Wildman–Crippen LogP) is 2.96. The maximum Gasteiger partial charge on any atom is 0.128 e. The molecule has 0 saturated carbocycles. The fraction of sp³-hybridized carbons (Fsp3) is 0.571. The summed E-state index contributed by atoms with van der Waals surface area (Å²) in [5.74, 6) is 1.42. The highest BCUT2D eigenvalue weighted by Crippen LogP contribution is 2.43. The van der Waals surface area contributed by atoms with Crippen LogP contribution in [-0.2, 0) is 5.60 Å². The van der Waals surface area contributed by atoms with E-state index in [4.69, 9.17) is 9.47 Å². The van der Waals surface area contributed by atoms with Crippen LogP contribution < -0.4 is 9.47 Å². The second-order valence-corrected chi connectivity index (χ2v) is 4.47. The molecule has 0 heterocycles. The lowest BCUT2D eigenvalue weighted by atomic mass is 9.80. The molecule has 0 bridgehead atoms. The van der Waals surface area contributed by atoms with Crippen LogP contribution in [0.4, 0.5) is 0 Å². The van der Waals surface area contributed by atoms with E-state index >= 15 is 0 Å². The van der Waals surface area contributed by atoms with E-state index in [9.17, 15) is 5.11 Å². The van der Waals surface area contributed by atoms with E-state index in [1.54, 1.807) is 14.2 Å². The summed E-state index contributed by atoms with van der Waals surface area (Å²) in [4.78, 5) is 0. The molecule has 0 amide bonds. The van der Waals surface area contributed by atoms with Crippen LogP contribution in [-0.4, -0.2) is 19.3 Å². The monoisotopic (exact) mass is 238 g/mol. The number of ether oxygens (including phenoxy) is 2. The van der Waals surface area contributed by atoms with Crippen molar-refractivity contribution < 1.29 is 14.6 Å². The summed E-state index contributed by atoms with van der Waals surface area (Å²) in [7, 11) is 3.21. The Labute approximate surface area is 103 Å². The summed E-state index contributed by atoms with van der Waals surface area (Å²) in [5, 5.41) is 10.8. The minimum Gasteiger partial charge on any atom is -0.496 e. The highest BCUT2D eigenvalue weighted by atomic mass is 16.5. The summed E-state index contributed by atoms with van der Waals surface area (Å²) in [6.45, 7) is 5.96. The van der Waals surface area contributed by atoms with Crippen molar-refractivity contribution in [2.24, 2.45) is 5.92 Å². The fourth-order valence-corrected chi connectivity index (χ4v) is 2.15. The van der Waals surface area contributed by atoms with E-state index in [1.165, 1.54) is 0 Å². The second kappa shape index (κ2) is 5.41. The van der Waals surface area contributed by atoms with Gasteiger partial charge in [0.2, 0.25) is 0 Å². The molecule has 1 aromatic rings. The van der Waals surface area contributed by atoms with Gasteiger partial charge in [-0.05, 0) is 24.5 Å². The SMILES string of the molecule is CCC(O)(c1c(OC)cccc1OC)C(C)C. The summed E-state index contributed by atoms with van der Waals surface area (Å²) in [5.41, 5.74) is -0.194. The molecule has 0 spiro atoms. The van der Waals surface area contributed by atoms with Gasteiger partial charge in [0.15, 0.2) is 0 Å². The van der Waals surface area contributed by atoms with Gasteiger partial charge in [0.25, 0.3) is 0 Å². The molecule has 1 unspecified atom stereocenters. The zero-order valence-corrected chi connectivity index (χ0v) is 11.3. The lowest BCUT2D eigenvalue weighted by molar-refractivity contribution is -0.0178. The van der Waals surface area contributed by atoms with Crippen LogP contribution in [0.1, 0.15) is 32.8 Å². The quantitative estimate of drug-likeness (QED) is 0.857. The second-order valence-electron chi connectivity index (χ2n) is 4.47. The first-order valence-corrected chi connectivity index (χ1v) is 5.95. The number of methoxy groups -OCH3 is 2. The standard InChI is InChI=1S/C14H22O3/c1-6-14(15,10(2)3)13-11(16-4)8-7-9-12(13)17-5/h7-10,15H,6H2,1-5H3. The molecular formula is C14H22O3. The van der Waals surface area contributed by atoms with E-state index in [-0.39, 0.29) is 5.92 Å². The van der Waals surface area contributed by atoms with Gasteiger partial charge in [-0.3, -0.25) is 0 Å². The van der Waals surface area contributed by atoms with Crippen molar-refractivity contribution in [2.75, 3.05) is 14.2 Å². The molecule has 1 atom stereocenters. The van der Waals surface area contributed by atoms with Crippen molar-refractivity contribution in [3.8, 4) is 11.5 Å². The number of hydrogen-bond acceptors (Lipinski definition) is 3. The van der Waals surface area contributed by atoms with Gasteiger partial charge < -0.3 is 14.6 Å². The van der Waals surface area contributed by atoms with Gasteiger partial charge in [0, 0.05) is 0 Å². The van der Waals surface area contributed by atoms with Gasteiger partial charge >= 0.3 is 0 Å². The van der Waals surface area contributed by atoms with Crippen LogP contribution in [0.15, 0.2) is 18.2 Å². The molecule has 0 aromatic heterocycles. The first kappa shape index (κ1) is 13.8. The van der Waals surface area contributed by atoms with Crippen molar-refractivity contribution in [1.82, 2.24) is 0 Å². The molecule has 0 saturated heterocycles. The number of hydrogen-bond donors (Lipinski definition) is 1. The van der Waals surface area contributed by atoms with Crippen molar-refractivity contribution in [3.63, 3.8) is 0 Å². The minimum absolute atomic E-state index is 0.0812. The topological polar surface area (TPSA) is 38.7 Å². The first-order chi connectivity index (χ1) is 8.01. The average molecular weight is 238 g/mol. The molecule has 96 valence electrons. The zero-order chi connectivity index (χ0) is 13.1. The Morgan fingerprint density at radius 3 is 1.94 bits per heavy atom. The Morgan fingerprint density at radius 1 is 1.18 bits per heavy atom. The van der Waals surface area contributed by atoms with Crippen molar-refractivity contribution >= 4 is 0 Å². The van der Waals surface area contributed by atoms with E-state index < -0.39 is 5.60 Å². The van der Waals surface area contributed by atoms with Gasteiger partial charge in [-0.15, -0.1) is 0 Å². The third kappa shape index (κ3) is 2.39. The van der Waals surface area contributed by atoms with E-state index in [0.29, 0.717) is 17.9 Å². The number of aliphatic hydroxyl groups is 1. The van der Waals surface area contributed by atoms with Crippen molar-refractivity contribution in [1.29, 1.82) is 0 Å². The third-order valence-electron chi connectivity index (χ3n) is 3.35. The summed E-state index contributed by atoms with van der Waals surface area (Å²) < 4.78 is 10.7. The lowest BCUT2D eigenvalue weighted by Crippen LogP contribution is -2.32. The molecule has 1 aromatic carbocycles. The Kier molecular flexibility index (Phi) is 4.40. The molecule has 3 heteroatoms. The molecule has 0 radical (unpaired) electrons. The largest absolute Gasteiger partial charge is 0.496 e. The van der Waals surface area contributed by atoms with Gasteiger partial charge in [-0.1, -0.05) is 26.8 Å². The highest BCUT2D eigenvalue weighted by Gasteiger charge is 2.36. The summed E-state index contributed by atoms with van der Waals surface area (Å²) in [6, 6.07) is 5.55. The van der Waals surface area contributed by atoms with Gasteiger partial charge in [-0.25, -0.2) is 0 Å². The zero-order valence-electron chi connectivity index (χ0n) is 11.3. The number of benzene rings is 1. The minimum atomic E-state index is -0.933. The molecular weight excluding hydrogens is 216 g/mol. The molecule has 3 nitrogen and oxygen atoms in total. The molecule has 1 rings (SSSR count). The molecule has 1 N–H and O–H groups in total. The van der Waals surface area contributed by atoms with Crippen LogP contribution in [0, 0.1) is 5.92 Å². The molecule has 0 aliphatic heterocycles. The van der Waals surface area contributed by atoms with Crippen LogP contribution in [0.3, 0.4) is 0 Å². The van der Waals surface area contributed by atoms with Crippen LogP contribution >= 0.6 is 0 Å². The molecule has 0 fully saturated rings. The van der Waals surface area contributed by atoms with Gasteiger partial charge in [0.1, 0.15) is 11.5 Å². The van der Waals surface area contributed by atoms with Crippen LogP contribution in [0.25, 0.3) is 0 Å². The Bertz CT molecular complexity index is 351. The maximum absolute atomic E-state index is 10.8. The van der Waals surface area contributed by atoms with Crippen molar-refractivity contribution in [2.45, 2.75) is 32.8 Å². The predicted molar refractivity (Wildman–Crippen MR) is 68.6 cm³/mol. The summed E-state index contributed by atoms with van der Waals surface area (Å²) >= 11 is 0. The Balaban J connectivity index is 3.45. The average Bonchev–Trinajstić information content (AvgIpc) is 2.36. The van der Waals surface area contributed by atoms with Crippen molar-refractivity contribution in [3.05, 3.63) is 23.8 Å². The maximum atomic E-state index is 10.8. The van der Waals surface area contributed by atoms with Crippen LogP contribution in [0.2, 0.25) is 0 Å².